The molecule has 8 nitrogen and oxygen atoms in total. The number of anilines is 2. The number of rotatable bonds is 6. The van der Waals surface area contributed by atoms with E-state index < -0.39 is 11.9 Å². The maximum atomic E-state index is 14.1. The van der Waals surface area contributed by atoms with E-state index in [1.165, 1.54) is 22.7 Å². The number of thiophene rings is 2. The van der Waals surface area contributed by atoms with E-state index in [1.54, 1.807) is 49.8 Å². The number of methoxy groups -OCH3 is 1. The van der Waals surface area contributed by atoms with Crippen molar-refractivity contribution in [3.8, 4) is 27.3 Å². The minimum absolute atomic E-state index is 0.0591. The summed E-state index contributed by atoms with van der Waals surface area (Å²) in [5.74, 6) is -0.603. The average Bonchev–Trinajstić information content (AvgIpc) is 3.73. The van der Waals surface area contributed by atoms with Crippen LogP contribution in [0.2, 0.25) is 0 Å². The minimum atomic E-state index is -1.11. The van der Waals surface area contributed by atoms with Crippen LogP contribution in [0.4, 0.5) is 11.5 Å². The van der Waals surface area contributed by atoms with Crippen molar-refractivity contribution in [3.05, 3.63) is 101 Å². The molecule has 0 unspecified atom stereocenters. The van der Waals surface area contributed by atoms with Crippen LogP contribution in [-0.4, -0.2) is 34.1 Å². The Morgan fingerprint density at radius 1 is 0.860 bits per heavy atom. The summed E-state index contributed by atoms with van der Waals surface area (Å²) >= 11 is 3.04. The van der Waals surface area contributed by atoms with E-state index in [-0.39, 0.29) is 11.1 Å². The number of aromatic carboxylic acids is 1. The molecule has 10 heteroatoms. The molecular formula is C33H22N4O4S2. The van der Waals surface area contributed by atoms with Crippen LogP contribution in [0.1, 0.15) is 20.7 Å². The molecule has 0 atom stereocenters. The summed E-state index contributed by atoms with van der Waals surface area (Å²) in [6, 6.07) is 19.9. The van der Waals surface area contributed by atoms with Crippen molar-refractivity contribution in [1.29, 1.82) is 0 Å². The van der Waals surface area contributed by atoms with Crippen LogP contribution >= 0.6 is 22.7 Å². The predicted molar refractivity (Wildman–Crippen MR) is 173 cm³/mol. The number of nitrogen functional groups attached to an aromatic ring is 1. The van der Waals surface area contributed by atoms with Crippen molar-refractivity contribution >= 4 is 77.8 Å². The van der Waals surface area contributed by atoms with E-state index in [1.807, 2.05) is 47.2 Å². The first-order valence-electron chi connectivity index (χ1n) is 13.2. The molecule has 4 N–H and O–H groups in total. The molecule has 7 aromatic rings. The fraction of sp³-hybridized carbons (Fsp3) is 0.0303. The zero-order chi connectivity index (χ0) is 29.7. The molecule has 43 heavy (non-hydrogen) atoms. The van der Waals surface area contributed by atoms with E-state index in [0.717, 1.165) is 36.7 Å². The summed E-state index contributed by atoms with van der Waals surface area (Å²) in [6.45, 7) is 0. The lowest BCUT2D eigenvalue weighted by Crippen LogP contribution is -2.14. The Bertz CT molecular complexity index is 2220. The fourth-order valence-corrected chi connectivity index (χ4v) is 6.96. The van der Waals surface area contributed by atoms with Gasteiger partial charge in [0.05, 0.1) is 18.2 Å². The number of ether oxygens (including phenoxy) is 1. The first-order valence-corrected chi connectivity index (χ1v) is 14.9. The van der Waals surface area contributed by atoms with Crippen LogP contribution < -0.4 is 15.8 Å². The number of hydrogen-bond acceptors (Lipinski definition) is 8. The molecule has 0 bridgehead atoms. The van der Waals surface area contributed by atoms with Gasteiger partial charge in [-0.15, -0.1) is 22.7 Å². The van der Waals surface area contributed by atoms with Gasteiger partial charge in [-0.1, -0.05) is 6.07 Å². The van der Waals surface area contributed by atoms with Crippen molar-refractivity contribution in [1.82, 2.24) is 9.97 Å². The van der Waals surface area contributed by atoms with Gasteiger partial charge in [-0.25, -0.2) is 9.78 Å². The standard InChI is InChI=1S/C33H22N4O4S2/c1-41-28-15-22(21-14-27-25(13-24(21)33(39)40)30-18(16-36-27)7-10-43-30)23(12-26(28)29-3-2-9-42-29)32(38)37-19-4-5-20-17(11-19)6-8-35-31(20)34/h2-16H,1H3,(H2,34,35)(H,37,38)(H,39,40). The zero-order valence-electron chi connectivity index (χ0n) is 22.6. The summed E-state index contributed by atoms with van der Waals surface area (Å²) in [5.41, 5.74) is 9.05. The number of carbonyl (C=O) groups is 2. The van der Waals surface area contributed by atoms with Gasteiger partial charge in [-0.2, -0.15) is 0 Å². The number of hydrogen-bond donors (Lipinski definition) is 3. The molecule has 0 aliphatic carbocycles. The molecule has 7 rings (SSSR count). The van der Waals surface area contributed by atoms with Crippen molar-refractivity contribution in [2.24, 2.45) is 0 Å². The van der Waals surface area contributed by atoms with Gasteiger partial charge in [0.15, 0.2) is 0 Å². The van der Waals surface area contributed by atoms with Crippen LogP contribution in [-0.2, 0) is 0 Å². The van der Waals surface area contributed by atoms with Gasteiger partial charge in [0, 0.05) is 54.9 Å². The average molecular weight is 603 g/mol. The Morgan fingerprint density at radius 3 is 2.51 bits per heavy atom. The van der Waals surface area contributed by atoms with Gasteiger partial charge in [-0.3, -0.25) is 9.78 Å². The number of benzene rings is 3. The molecule has 0 saturated heterocycles. The van der Waals surface area contributed by atoms with Crippen molar-refractivity contribution < 1.29 is 19.4 Å². The second-order valence-corrected chi connectivity index (χ2v) is 11.7. The van der Waals surface area contributed by atoms with Crippen LogP contribution in [0.5, 0.6) is 5.75 Å². The highest BCUT2D eigenvalue weighted by molar-refractivity contribution is 7.18. The fourth-order valence-electron chi connectivity index (χ4n) is 5.32. The van der Waals surface area contributed by atoms with Crippen LogP contribution in [0, 0.1) is 0 Å². The second-order valence-electron chi connectivity index (χ2n) is 9.84. The van der Waals surface area contributed by atoms with Crippen LogP contribution in [0.25, 0.3) is 53.3 Å². The van der Waals surface area contributed by atoms with Gasteiger partial charge in [0.1, 0.15) is 11.6 Å². The Balaban J connectivity index is 1.44. The molecule has 4 aromatic heterocycles. The molecule has 4 heterocycles. The third-order valence-electron chi connectivity index (χ3n) is 7.36. The van der Waals surface area contributed by atoms with E-state index in [0.29, 0.717) is 33.9 Å². The molecular weight excluding hydrogens is 581 g/mol. The highest BCUT2D eigenvalue weighted by Crippen LogP contribution is 2.42. The maximum absolute atomic E-state index is 14.1. The molecule has 0 spiro atoms. The van der Waals surface area contributed by atoms with E-state index in [4.69, 9.17) is 10.5 Å². The molecule has 0 aliphatic rings. The highest BCUT2D eigenvalue weighted by Gasteiger charge is 2.24. The molecule has 0 fully saturated rings. The lowest BCUT2D eigenvalue weighted by Gasteiger charge is -2.18. The molecule has 3 aromatic carbocycles. The third kappa shape index (κ3) is 4.62. The lowest BCUT2D eigenvalue weighted by atomic mass is 9.91. The first kappa shape index (κ1) is 26.6. The molecule has 0 aliphatic heterocycles. The molecule has 0 radical (unpaired) electrons. The number of aromatic nitrogens is 2. The number of carboxylic acid groups (broad SMARTS) is 1. The normalized spacial score (nSPS) is 11.3. The Morgan fingerprint density at radius 2 is 1.72 bits per heavy atom. The molecule has 210 valence electrons. The number of nitrogens with zero attached hydrogens (tertiary/aromatic N) is 2. The summed E-state index contributed by atoms with van der Waals surface area (Å²) in [7, 11) is 1.55. The Labute approximate surface area is 253 Å². The zero-order valence-corrected chi connectivity index (χ0v) is 24.3. The summed E-state index contributed by atoms with van der Waals surface area (Å²) in [4.78, 5) is 36.4. The number of pyridine rings is 2. The summed E-state index contributed by atoms with van der Waals surface area (Å²) < 4.78 is 6.73. The number of amides is 1. The van der Waals surface area contributed by atoms with Gasteiger partial charge in [0.25, 0.3) is 5.91 Å². The van der Waals surface area contributed by atoms with Crippen LogP contribution in [0.15, 0.2) is 89.9 Å². The van der Waals surface area contributed by atoms with Gasteiger partial charge < -0.3 is 20.9 Å². The number of fused-ring (bicyclic) bond motifs is 4. The maximum Gasteiger partial charge on any atom is 0.336 e. The van der Waals surface area contributed by atoms with Gasteiger partial charge in [0.2, 0.25) is 0 Å². The largest absolute Gasteiger partial charge is 0.496 e. The number of nitrogens with one attached hydrogen (secondary N) is 1. The predicted octanol–water partition coefficient (Wildman–Crippen LogP) is 7.93. The lowest BCUT2D eigenvalue weighted by molar-refractivity contribution is 0.0697. The Kier molecular flexibility index (Phi) is 6.49. The van der Waals surface area contributed by atoms with E-state index >= 15 is 0 Å². The van der Waals surface area contributed by atoms with Crippen molar-refractivity contribution in [2.75, 3.05) is 18.2 Å². The van der Waals surface area contributed by atoms with Crippen molar-refractivity contribution in [2.45, 2.75) is 0 Å². The summed E-state index contributed by atoms with van der Waals surface area (Å²) in [5, 5.41) is 20.5. The first-order chi connectivity index (χ1) is 20.9. The summed E-state index contributed by atoms with van der Waals surface area (Å²) in [6.07, 6.45) is 3.39. The van der Waals surface area contributed by atoms with Gasteiger partial charge >= 0.3 is 5.97 Å². The number of carboxylic acids is 1. The quantitative estimate of drug-likeness (QED) is 0.176. The topological polar surface area (TPSA) is 127 Å². The monoisotopic (exact) mass is 602 g/mol. The molecule has 0 saturated carbocycles. The second kappa shape index (κ2) is 10.5. The number of carbonyl (C=O) groups excluding carboxylic acids is 1. The highest BCUT2D eigenvalue weighted by atomic mass is 32.1. The minimum Gasteiger partial charge on any atom is -0.496 e. The number of nitrogens with two attached hydrogens (primary N) is 1. The van der Waals surface area contributed by atoms with Crippen molar-refractivity contribution in [3.63, 3.8) is 0 Å². The van der Waals surface area contributed by atoms with Crippen LogP contribution in [0.3, 0.4) is 0 Å². The van der Waals surface area contributed by atoms with Gasteiger partial charge in [-0.05, 0) is 87.9 Å². The third-order valence-corrected chi connectivity index (χ3v) is 9.23. The molecule has 1 amide bonds. The smallest absolute Gasteiger partial charge is 0.336 e. The Hall–Kier alpha value is -5.32. The SMILES string of the molecule is COc1cc(-c2cc3ncc4ccsc4c3cc2C(=O)O)c(C(=O)Nc2ccc3c(N)nccc3c2)cc1-c1cccs1. The van der Waals surface area contributed by atoms with E-state index in [9.17, 15) is 14.7 Å². The van der Waals surface area contributed by atoms with E-state index in [2.05, 4.69) is 15.3 Å².